The summed E-state index contributed by atoms with van der Waals surface area (Å²) in [4.78, 5) is 27.1. The highest BCUT2D eigenvalue weighted by molar-refractivity contribution is 6.07. The van der Waals surface area contributed by atoms with Gasteiger partial charge in [0.15, 0.2) is 11.5 Å². The van der Waals surface area contributed by atoms with Crippen LogP contribution in [0.25, 0.3) is 11.1 Å². The van der Waals surface area contributed by atoms with Gasteiger partial charge < -0.3 is 14.8 Å². The molecule has 0 radical (unpaired) electrons. The van der Waals surface area contributed by atoms with Crippen LogP contribution in [0.3, 0.4) is 0 Å². The molecule has 1 atom stereocenters. The van der Waals surface area contributed by atoms with Gasteiger partial charge in [-0.1, -0.05) is 60.7 Å². The number of fused-ring (bicyclic) bond motifs is 1. The molecule has 0 saturated carbocycles. The first-order chi connectivity index (χ1) is 14.5. The Morgan fingerprint density at radius 3 is 2.37 bits per heavy atom. The van der Waals surface area contributed by atoms with Gasteiger partial charge in [-0.2, -0.15) is 0 Å². The minimum absolute atomic E-state index is 0.154. The van der Waals surface area contributed by atoms with E-state index in [0.717, 1.165) is 16.7 Å². The van der Waals surface area contributed by atoms with Crippen molar-refractivity contribution in [2.75, 3.05) is 6.79 Å². The lowest BCUT2D eigenvalue weighted by atomic mass is 9.91. The fourth-order valence-corrected chi connectivity index (χ4v) is 3.86. The fourth-order valence-electron chi connectivity index (χ4n) is 3.86. The summed E-state index contributed by atoms with van der Waals surface area (Å²) in [5.41, 5.74) is 2.60. The van der Waals surface area contributed by atoms with Gasteiger partial charge in [-0.3, -0.25) is 9.69 Å². The number of imide groups is 1. The van der Waals surface area contributed by atoms with Crippen LogP contribution in [-0.2, 0) is 16.9 Å². The van der Waals surface area contributed by atoms with Crippen molar-refractivity contribution in [2.45, 2.75) is 19.0 Å². The van der Waals surface area contributed by atoms with E-state index >= 15 is 0 Å². The number of hydrogen-bond acceptors (Lipinski definition) is 4. The highest BCUT2D eigenvalue weighted by atomic mass is 16.7. The van der Waals surface area contributed by atoms with Crippen molar-refractivity contribution in [1.82, 2.24) is 10.2 Å². The SMILES string of the molecule is CC1(c2ccc3c(c2)OCO3)NC(=O)N(Cc2ccc(-c3ccccc3)cc2)C1=O. The lowest BCUT2D eigenvalue weighted by Crippen LogP contribution is -2.40. The number of amides is 3. The second kappa shape index (κ2) is 6.91. The second-order valence-corrected chi connectivity index (χ2v) is 7.58. The molecule has 0 aromatic heterocycles. The third kappa shape index (κ3) is 2.97. The summed E-state index contributed by atoms with van der Waals surface area (Å²) >= 11 is 0. The van der Waals surface area contributed by atoms with Crippen molar-refractivity contribution < 1.29 is 19.1 Å². The largest absolute Gasteiger partial charge is 0.454 e. The lowest BCUT2D eigenvalue weighted by Gasteiger charge is -2.22. The molecule has 3 amide bonds. The van der Waals surface area contributed by atoms with Crippen LogP contribution in [0.4, 0.5) is 4.79 Å². The maximum atomic E-state index is 13.2. The zero-order valence-corrected chi connectivity index (χ0v) is 16.4. The van der Waals surface area contributed by atoms with E-state index in [2.05, 4.69) is 5.32 Å². The maximum Gasteiger partial charge on any atom is 0.325 e. The van der Waals surface area contributed by atoms with Crippen LogP contribution in [-0.4, -0.2) is 23.6 Å². The summed E-state index contributed by atoms with van der Waals surface area (Å²) in [6.07, 6.45) is 0. The fraction of sp³-hybridized carbons (Fsp3) is 0.167. The summed E-state index contributed by atoms with van der Waals surface area (Å²) < 4.78 is 10.7. The van der Waals surface area contributed by atoms with E-state index < -0.39 is 11.6 Å². The van der Waals surface area contributed by atoms with Crippen molar-refractivity contribution in [3.8, 4) is 22.6 Å². The Bertz CT molecular complexity index is 1130. The average molecular weight is 400 g/mol. The smallest absolute Gasteiger partial charge is 0.325 e. The molecular formula is C24H20N2O4. The molecule has 6 heteroatoms. The van der Waals surface area contributed by atoms with Gasteiger partial charge in [0.05, 0.1) is 6.54 Å². The van der Waals surface area contributed by atoms with Crippen molar-refractivity contribution >= 4 is 11.9 Å². The standard InChI is InChI=1S/C24H20N2O4/c1-24(19-11-12-20-21(13-19)30-15-29-20)22(27)26(23(28)25-24)14-16-7-9-18(10-8-16)17-5-3-2-4-6-17/h2-13H,14-15H2,1H3,(H,25,28). The van der Waals surface area contributed by atoms with E-state index in [9.17, 15) is 9.59 Å². The third-order valence-electron chi connectivity index (χ3n) is 5.63. The van der Waals surface area contributed by atoms with Gasteiger partial charge in [-0.25, -0.2) is 4.79 Å². The molecule has 2 aliphatic heterocycles. The van der Waals surface area contributed by atoms with E-state index in [4.69, 9.17) is 9.47 Å². The van der Waals surface area contributed by atoms with Crippen molar-refractivity contribution in [1.29, 1.82) is 0 Å². The van der Waals surface area contributed by atoms with E-state index in [-0.39, 0.29) is 19.2 Å². The molecule has 3 aromatic carbocycles. The summed E-state index contributed by atoms with van der Waals surface area (Å²) in [7, 11) is 0. The normalized spacial score (nSPS) is 19.8. The number of carbonyl (C=O) groups is 2. The number of ether oxygens (including phenoxy) is 2. The summed E-state index contributed by atoms with van der Waals surface area (Å²) in [5.74, 6) is 0.915. The number of benzene rings is 3. The van der Waals surface area contributed by atoms with Crippen LogP contribution in [0.1, 0.15) is 18.1 Å². The van der Waals surface area contributed by atoms with Gasteiger partial charge in [0.2, 0.25) is 6.79 Å². The molecule has 3 aromatic rings. The molecule has 1 saturated heterocycles. The number of rotatable bonds is 4. The van der Waals surface area contributed by atoms with E-state index in [1.807, 2.05) is 54.6 Å². The third-order valence-corrected chi connectivity index (χ3v) is 5.63. The van der Waals surface area contributed by atoms with E-state index in [0.29, 0.717) is 17.1 Å². The Morgan fingerprint density at radius 1 is 0.900 bits per heavy atom. The van der Waals surface area contributed by atoms with Gasteiger partial charge in [0, 0.05) is 0 Å². The number of nitrogens with zero attached hydrogens (tertiary/aromatic N) is 1. The molecule has 6 nitrogen and oxygen atoms in total. The molecule has 150 valence electrons. The van der Waals surface area contributed by atoms with Crippen LogP contribution < -0.4 is 14.8 Å². The zero-order chi connectivity index (χ0) is 20.7. The number of urea groups is 1. The Hall–Kier alpha value is -3.80. The monoisotopic (exact) mass is 400 g/mol. The second-order valence-electron chi connectivity index (χ2n) is 7.58. The van der Waals surface area contributed by atoms with Crippen LogP contribution in [0.15, 0.2) is 72.8 Å². The summed E-state index contributed by atoms with van der Waals surface area (Å²) in [5, 5.41) is 2.84. The van der Waals surface area contributed by atoms with Crippen LogP contribution >= 0.6 is 0 Å². The summed E-state index contributed by atoms with van der Waals surface area (Å²) in [6, 6.07) is 22.8. The minimum atomic E-state index is -1.15. The zero-order valence-electron chi connectivity index (χ0n) is 16.4. The van der Waals surface area contributed by atoms with Gasteiger partial charge in [0.1, 0.15) is 5.54 Å². The predicted octanol–water partition coefficient (Wildman–Crippen LogP) is 4.05. The Kier molecular flexibility index (Phi) is 4.20. The number of hydrogen-bond donors (Lipinski definition) is 1. The lowest BCUT2D eigenvalue weighted by molar-refractivity contribution is -0.131. The minimum Gasteiger partial charge on any atom is -0.454 e. The van der Waals surface area contributed by atoms with E-state index in [1.165, 1.54) is 4.90 Å². The summed E-state index contributed by atoms with van der Waals surface area (Å²) in [6.45, 7) is 2.07. The Morgan fingerprint density at radius 2 is 1.60 bits per heavy atom. The van der Waals surface area contributed by atoms with Gasteiger partial charge in [0.25, 0.3) is 5.91 Å². The average Bonchev–Trinajstić information content (AvgIpc) is 3.33. The molecule has 0 bridgehead atoms. The van der Waals surface area contributed by atoms with Gasteiger partial charge in [-0.15, -0.1) is 0 Å². The highest BCUT2D eigenvalue weighted by Crippen LogP contribution is 2.38. The molecule has 2 heterocycles. The quantitative estimate of drug-likeness (QED) is 0.671. The number of carbonyl (C=O) groups excluding carboxylic acids is 2. The first kappa shape index (κ1) is 18.2. The predicted molar refractivity (Wildman–Crippen MR) is 111 cm³/mol. The maximum absolute atomic E-state index is 13.2. The van der Waals surface area contributed by atoms with Crippen LogP contribution in [0.5, 0.6) is 11.5 Å². The molecule has 1 unspecified atom stereocenters. The highest BCUT2D eigenvalue weighted by Gasteiger charge is 2.49. The van der Waals surface area contributed by atoms with E-state index in [1.54, 1.807) is 25.1 Å². The van der Waals surface area contributed by atoms with Gasteiger partial charge >= 0.3 is 6.03 Å². The van der Waals surface area contributed by atoms with Crippen molar-refractivity contribution in [3.63, 3.8) is 0 Å². The topological polar surface area (TPSA) is 67.9 Å². The molecular weight excluding hydrogens is 380 g/mol. The molecule has 0 spiro atoms. The van der Waals surface area contributed by atoms with Crippen molar-refractivity contribution in [2.24, 2.45) is 0 Å². The molecule has 1 fully saturated rings. The molecule has 0 aliphatic carbocycles. The first-order valence-electron chi connectivity index (χ1n) is 9.73. The Labute approximate surface area is 174 Å². The first-order valence-corrected chi connectivity index (χ1v) is 9.73. The Balaban J connectivity index is 1.37. The van der Waals surface area contributed by atoms with Crippen LogP contribution in [0, 0.1) is 0 Å². The van der Waals surface area contributed by atoms with Gasteiger partial charge in [-0.05, 0) is 41.3 Å². The van der Waals surface area contributed by atoms with Crippen molar-refractivity contribution in [3.05, 3.63) is 83.9 Å². The molecule has 1 N–H and O–H groups in total. The number of nitrogens with one attached hydrogen (secondary N) is 1. The molecule has 30 heavy (non-hydrogen) atoms. The molecule has 2 aliphatic rings. The molecule has 5 rings (SSSR count). The van der Waals surface area contributed by atoms with Crippen LogP contribution in [0.2, 0.25) is 0 Å².